The molecule has 1 rings (SSSR count). The quantitative estimate of drug-likeness (QED) is 0.796. The van der Waals surface area contributed by atoms with Gasteiger partial charge in [0.15, 0.2) is 0 Å². The highest BCUT2D eigenvalue weighted by molar-refractivity contribution is 6.17. The second-order valence-corrected chi connectivity index (χ2v) is 3.15. The summed E-state index contributed by atoms with van der Waals surface area (Å²) < 4.78 is 25.0. The number of aliphatic hydroxyl groups is 1. The summed E-state index contributed by atoms with van der Waals surface area (Å²) in [5, 5.41) is 8.95. The van der Waals surface area contributed by atoms with Crippen LogP contribution in [-0.2, 0) is 12.5 Å². The van der Waals surface area contributed by atoms with E-state index in [1.54, 1.807) is 13.0 Å². The number of aromatic nitrogens is 1. The maximum atomic E-state index is 12.5. The van der Waals surface area contributed by atoms with Crippen molar-refractivity contribution in [1.29, 1.82) is 0 Å². The Balaban J connectivity index is 3.31. The van der Waals surface area contributed by atoms with Crippen molar-refractivity contribution in [2.75, 3.05) is 0 Å². The van der Waals surface area contributed by atoms with Crippen LogP contribution in [0.3, 0.4) is 0 Å². The SMILES string of the molecule is Cc1cc(CO)c(CCl)c(C(F)F)n1. The molecule has 0 amide bonds. The van der Waals surface area contributed by atoms with E-state index in [1.807, 2.05) is 0 Å². The first-order valence-electron chi connectivity index (χ1n) is 4.04. The van der Waals surface area contributed by atoms with Crippen molar-refractivity contribution >= 4 is 11.6 Å². The van der Waals surface area contributed by atoms with E-state index in [1.165, 1.54) is 0 Å². The lowest BCUT2D eigenvalue weighted by Gasteiger charge is -2.10. The fourth-order valence-corrected chi connectivity index (χ4v) is 1.58. The van der Waals surface area contributed by atoms with Crippen LogP contribution < -0.4 is 0 Å². The summed E-state index contributed by atoms with van der Waals surface area (Å²) in [6, 6.07) is 1.56. The van der Waals surface area contributed by atoms with Crippen molar-refractivity contribution in [3.8, 4) is 0 Å². The highest BCUT2D eigenvalue weighted by Crippen LogP contribution is 2.25. The molecular formula is C9H10ClF2NO. The summed E-state index contributed by atoms with van der Waals surface area (Å²) in [6.07, 6.45) is -2.66. The van der Waals surface area contributed by atoms with Crippen molar-refractivity contribution in [3.63, 3.8) is 0 Å². The minimum Gasteiger partial charge on any atom is -0.392 e. The fraction of sp³-hybridized carbons (Fsp3) is 0.444. The molecule has 2 nitrogen and oxygen atoms in total. The van der Waals surface area contributed by atoms with Gasteiger partial charge in [0.05, 0.1) is 6.61 Å². The number of aryl methyl sites for hydroxylation is 1. The third-order valence-electron chi connectivity index (χ3n) is 1.89. The van der Waals surface area contributed by atoms with Crippen molar-refractivity contribution in [3.05, 3.63) is 28.6 Å². The molecule has 14 heavy (non-hydrogen) atoms. The fourth-order valence-electron chi connectivity index (χ4n) is 1.27. The molecule has 0 fully saturated rings. The zero-order chi connectivity index (χ0) is 10.7. The van der Waals surface area contributed by atoms with E-state index in [2.05, 4.69) is 4.98 Å². The Morgan fingerprint density at radius 3 is 2.64 bits per heavy atom. The zero-order valence-corrected chi connectivity index (χ0v) is 8.35. The van der Waals surface area contributed by atoms with Crippen LogP contribution in [0.25, 0.3) is 0 Å². The largest absolute Gasteiger partial charge is 0.392 e. The van der Waals surface area contributed by atoms with Gasteiger partial charge in [0.2, 0.25) is 0 Å². The van der Waals surface area contributed by atoms with Crippen LogP contribution in [-0.4, -0.2) is 10.1 Å². The lowest BCUT2D eigenvalue weighted by atomic mass is 10.1. The van der Waals surface area contributed by atoms with Gasteiger partial charge >= 0.3 is 0 Å². The average molecular weight is 222 g/mol. The van der Waals surface area contributed by atoms with Crippen LogP contribution in [0.2, 0.25) is 0 Å². The average Bonchev–Trinajstić information content (AvgIpc) is 2.16. The van der Waals surface area contributed by atoms with Gasteiger partial charge in [-0.2, -0.15) is 0 Å². The molecule has 1 N–H and O–H groups in total. The second-order valence-electron chi connectivity index (χ2n) is 2.88. The van der Waals surface area contributed by atoms with Gasteiger partial charge in [-0.15, -0.1) is 11.6 Å². The first-order valence-corrected chi connectivity index (χ1v) is 4.57. The molecule has 0 aliphatic carbocycles. The zero-order valence-electron chi connectivity index (χ0n) is 7.60. The molecule has 0 unspecified atom stereocenters. The summed E-state index contributed by atoms with van der Waals surface area (Å²) in [7, 11) is 0. The normalized spacial score (nSPS) is 11.0. The van der Waals surface area contributed by atoms with E-state index in [4.69, 9.17) is 16.7 Å². The molecule has 1 heterocycles. The van der Waals surface area contributed by atoms with E-state index in [0.29, 0.717) is 11.3 Å². The van der Waals surface area contributed by atoms with Gasteiger partial charge in [-0.05, 0) is 24.1 Å². The molecule has 0 saturated carbocycles. The van der Waals surface area contributed by atoms with Crippen LogP contribution in [0, 0.1) is 6.92 Å². The molecule has 0 atom stereocenters. The Labute approximate surface area is 85.5 Å². The Bertz CT molecular complexity index is 331. The molecule has 0 bridgehead atoms. The minimum atomic E-state index is -2.66. The predicted octanol–water partition coefficient (Wildman–Crippen LogP) is 2.56. The van der Waals surface area contributed by atoms with Crippen LogP contribution in [0.4, 0.5) is 8.78 Å². The van der Waals surface area contributed by atoms with Gasteiger partial charge in [-0.3, -0.25) is 4.98 Å². The summed E-state index contributed by atoms with van der Waals surface area (Å²) >= 11 is 5.53. The minimum absolute atomic E-state index is 0.0666. The van der Waals surface area contributed by atoms with Crippen molar-refractivity contribution in [1.82, 2.24) is 4.98 Å². The first-order chi connectivity index (χ1) is 6.60. The summed E-state index contributed by atoms with van der Waals surface area (Å²) in [6.45, 7) is 1.30. The highest BCUT2D eigenvalue weighted by Gasteiger charge is 2.17. The lowest BCUT2D eigenvalue weighted by molar-refractivity contribution is 0.144. The third kappa shape index (κ3) is 2.19. The monoisotopic (exact) mass is 221 g/mol. The molecule has 5 heteroatoms. The number of pyridine rings is 1. The molecule has 1 aromatic heterocycles. The molecular weight excluding hydrogens is 212 g/mol. The molecule has 1 aromatic rings. The smallest absolute Gasteiger partial charge is 0.280 e. The number of aliphatic hydroxyl groups excluding tert-OH is 1. The number of halogens is 3. The lowest BCUT2D eigenvalue weighted by Crippen LogP contribution is -2.04. The molecule has 0 aliphatic heterocycles. The number of alkyl halides is 3. The predicted molar refractivity (Wildman–Crippen MR) is 49.4 cm³/mol. The highest BCUT2D eigenvalue weighted by atomic mass is 35.5. The summed E-state index contributed by atoms with van der Waals surface area (Å²) in [4.78, 5) is 3.71. The van der Waals surface area contributed by atoms with Crippen LogP contribution in [0.5, 0.6) is 0 Å². The summed E-state index contributed by atoms with van der Waals surface area (Å²) in [5.41, 5.74) is 0.778. The molecule has 0 aromatic carbocycles. The van der Waals surface area contributed by atoms with E-state index < -0.39 is 6.43 Å². The van der Waals surface area contributed by atoms with E-state index in [0.717, 1.165) is 0 Å². The number of rotatable bonds is 3. The Kier molecular flexibility index (Phi) is 3.77. The maximum Gasteiger partial charge on any atom is 0.280 e. The van der Waals surface area contributed by atoms with Crippen LogP contribution in [0.15, 0.2) is 6.07 Å². The second kappa shape index (κ2) is 4.66. The Hall–Kier alpha value is -0.740. The molecule has 0 spiro atoms. The van der Waals surface area contributed by atoms with Gasteiger partial charge in [0.1, 0.15) is 5.69 Å². The van der Waals surface area contributed by atoms with Gasteiger partial charge in [-0.25, -0.2) is 8.78 Å². The van der Waals surface area contributed by atoms with E-state index in [-0.39, 0.29) is 23.7 Å². The topological polar surface area (TPSA) is 33.1 Å². The molecule has 0 aliphatic rings. The Morgan fingerprint density at radius 1 is 1.57 bits per heavy atom. The number of hydrogen-bond donors (Lipinski definition) is 1. The molecule has 78 valence electrons. The summed E-state index contributed by atoms with van der Waals surface area (Å²) in [5.74, 6) is -0.0666. The van der Waals surface area contributed by atoms with Crippen LogP contribution in [0.1, 0.15) is 28.9 Å². The van der Waals surface area contributed by atoms with Crippen molar-refractivity contribution < 1.29 is 13.9 Å². The van der Waals surface area contributed by atoms with Gasteiger partial charge in [0, 0.05) is 11.6 Å². The molecule has 0 saturated heterocycles. The Morgan fingerprint density at radius 2 is 2.21 bits per heavy atom. The van der Waals surface area contributed by atoms with E-state index in [9.17, 15) is 8.78 Å². The molecule has 0 radical (unpaired) electrons. The maximum absolute atomic E-state index is 12.5. The van der Waals surface area contributed by atoms with Gasteiger partial charge < -0.3 is 5.11 Å². The van der Waals surface area contributed by atoms with Crippen molar-refractivity contribution in [2.24, 2.45) is 0 Å². The van der Waals surface area contributed by atoms with Gasteiger partial charge in [0.25, 0.3) is 6.43 Å². The van der Waals surface area contributed by atoms with Crippen molar-refractivity contribution in [2.45, 2.75) is 25.8 Å². The number of hydrogen-bond acceptors (Lipinski definition) is 2. The third-order valence-corrected chi connectivity index (χ3v) is 2.15. The van der Waals surface area contributed by atoms with E-state index >= 15 is 0 Å². The first kappa shape index (κ1) is 11.3. The van der Waals surface area contributed by atoms with Gasteiger partial charge in [-0.1, -0.05) is 0 Å². The number of nitrogens with zero attached hydrogens (tertiary/aromatic N) is 1. The standard InChI is InChI=1S/C9H10ClF2NO/c1-5-2-6(4-14)7(3-10)8(13-5)9(11)12/h2,9,14H,3-4H2,1H3. The van der Waals surface area contributed by atoms with Crippen LogP contribution >= 0.6 is 11.6 Å².